The topological polar surface area (TPSA) is 79.7 Å². The van der Waals surface area contributed by atoms with Gasteiger partial charge < -0.3 is 15.0 Å². The molecule has 5 rings (SSSR count). The molecule has 0 spiro atoms. The molecule has 0 radical (unpaired) electrons. The standard InChI is InChI=1S/C23H24FN5O3/c24-18-4-1-2-5-21(18)29-20-7-3-6-19(17(20)13-26-29)28-10-9-27(23(28)31)14-22(30)25-12-16-8-11-32-15-16/h1-7,13,16H,8-12,14-15H2,(H,25,30). The van der Waals surface area contributed by atoms with E-state index in [1.54, 1.807) is 34.2 Å². The van der Waals surface area contributed by atoms with Crippen LogP contribution < -0.4 is 10.2 Å². The molecule has 2 aliphatic rings. The van der Waals surface area contributed by atoms with E-state index in [-0.39, 0.29) is 24.3 Å². The summed E-state index contributed by atoms with van der Waals surface area (Å²) in [4.78, 5) is 28.6. The Morgan fingerprint density at radius 2 is 2.00 bits per heavy atom. The monoisotopic (exact) mass is 437 g/mol. The Hall–Kier alpha value is -3.46. The minimum absolute atomic E-state index is 0.0212. The number of urea groups is 1. The zero-order valence-electron chi connectivity index (χ0n) is 17.5. The van der Waals surface area contributed by atoms with Crippen LogP contribution in [0.4, 0.5) is 14.9 Å². The van der Waals surface area contributed by atoms with E-state index in [0.717, 1.165) is 18.4 Å². The number of para-hydroxylation sites is 1. The first-order valence-corrected chi connectivity index (χ1v) is 10.7. The fourth-order valence-electron chi connectivity index (χ4n) is 4.27. The summed E-state index contributed by atoms with van der Waals surface area (Å²) >= 11 is 0. The lowest BCUT2D eigenvalue weighted by Gasteiger charge is -2.19. The third-order valence-electron chi connectivity index (χ3n) is 6.00. The maximum absolute atomic E-state index is 14.3. The zero-order valence-corrected chi connectivity index (χ0v) is 17.5. The maximum Gasteiger partial charge on any atom is 0.325 e. The van der Waals surface area contributed by atoms with Gasteiger partial charge in [0.1, 0.15) is 18.0 Å². The molecule has 3 heterocycles. The third-order valence-corrected chi connectivity index (χ3v) is 6.00. The van der Waals surface area contributed by atoms with Crippen molar-refractivity contribution in [3.63, 3.8) is 0 Å². The Kier molecular flexibility index (Phi) is 5.48. The van der Waals surface area contributed by atoms with Crippen molar-refractivity contribution in [1.82, 2.24) is 20.0 Å². The molecule has 3 amide bonds. The molecule has 0 bridgehead atoms. The minimum atomic E-state index is -0.374. The van der Waals surface area contributed by atoms with Gasteiger partial charge in [-0.25, -0.2) is 13.9 Å². The van der Waals surface area contributed by atoms with Gasteiger partial charge in [-0.15, -0.1) is 0 Å². The normalized spacial score (nSPS) is 18.7. The minimum Gasteiger partial charge on any atom is -0.381 e. The van der Waals surface area contributed by atoms with E-state index in [1.807, 2.05) is 18.2 Å². The SMILES string of the molecule is O=C(CN1CCN(c2cccc3c2cnn3-c2ccccc2F)C1=O)NCC1CCOC1. The smallest absolute Gasteiger partial charge is 0.325 e. The van der Waals surface area contributed by atoms with Crippen LogP contribution in [-0.4, -0.2) is 66.0 Å². The fraction of sp³-hybridized carbons (Fsp3) is 0.348. The summed E-state index contributed by atoms with van der Waals surface area (Å²) in [7, 11) is 0. The van der Waals surface area contributed by atoms with E-state index in [1.165, 1.54) is 10.7 Å². The van der Waals surface area contributed by atoms with Gasteiger partial charge in [-0.1, -0.05) is 18.2 Å². The summed E-state index contributed by atoms with van der Waals surface area (Å²) in [6.45, 7) is 2.91. The predicted molar refractivity (Wildman–Crippen MR) is 117 cm³/mol. The van der Waals surface area contributed by atoms with Gasteiger partial charge in [0.05, 0.1) is 24.0 Å². The average Bonchev–Trinajstić information content (AvgIpc) is 3.54. The lowest BCUT2D eigenvalue weighted by Crippen LogP contribution is -2.41. The highest BCUT2D eigenvalue weighted by Crippen LogP contribution is 2.31. The van der Waals surface area contributed by atoms with Gasteiger partial charge in [0, 0.05) is 37.5 Å². The molecule has 2 aliphatic heterocycles. The molecule has 9 heteroatoms. The molecule has 1 aromatic heterocycles. The van der Waals surface area contributed by atoms with E-state index in [2.05, 4.69) is 10.4 Å². The molecule has 0 aliphatic carbocycles. The van der Waals surface area contributed by atoms with Crippen molar-refractivity contribution < 1.29 is 18.7 Å². The number of nitrogens with one attached hydrogen (secondary N) is 1. The fourth-order valence-corrected chi connectivity index (χ4v) is 4.27. The number of amides is 3. The molecule has 1 N–H and O–H groups in total. The van der Waals surface area contributed by atoms with Crippen LogP contribution >= 0.6 is 0 Å². The second-order valence-electron chi connectivity index (χ2n) is 8.11. The molecule has 0 saturated carbocycles. The van der Waals surface area contributed by atoms with Crippen molar-refractivity contribution in [2.45, 2.75) is 6.42 Å². The van der Waals surface area contributed by atoms with Crippen LogP contribution in [0.25, 0.3) is 16.6 Å². The number of rotatable bonds is 6. The van der Waals surface area contributed by atoms with Gasteiger partial charge in [-0.2, -0.15) is 5.10 Å². The maximum atomic E-state index is 14.3. The first-order chi connectivity index (χ1) is 15.6. The summed E-state index contributed by atoms with van der Waals surface area (Å²) in [5.41, 5.74) is 1.75. The number of aromatic nitrogens is 2. The highest BCUT2D eigenvalue weighted by atomic mass is 19.1. The number of hydrogen-bond donors (Lipinski definition) is 1. The van der Waals surface area contributed by atoms with Crippen LogP contribution in [0.5, 0.6) is 0 Å². The Morgan fingerprint density at radius 1 is 1.16 bits per heavy atom. The van der Waals surface area contributed by atoms with Crippen molar-refractivity contribution in [1.29, 1.82) is 0 Å². The molecule has 32 heavy (non-hydrogen) atoms. The van der Waals surface area contributed by atoms with E-state index < -0.39 is 0 Å². The third kappa shape index (κ3) is 3.80. The molecule has 2 saturated heterocycles. The van der Waals surface area contributed by atoms with Crippen LogP contribution in [0.2, 0.25) is 0 Å². The summed E-state index contributed by atoms with van der Waals surface area (Å²) in [6.07, 6.45) is 2.59. The summed E-state index contributed by atoms with van der Waals surface area (Å²) < 4.78 is 21.2. The van der Waals surface area contributed by atoms with Crippen LogP contribution in [0, 0.1) is 11.7 Å². The molecule has 2 aromatic carbocycles. The predicted octanol–water partition coefficient (Wildman–Crippen LogP) is 2.56. The van der Waals surface area contributed by atoms with E-state index >= 15 is 0 Å². The highest BCUT2D eigenvalue weighted by Gasteiger charge is 2.32. The first-order valence-electron chi connectivity index (χ1n) is 10.7. The van der Waals surface area contributed by atoms with Crippen LogP contribution in [0.15, 0.2) is 48.7 Å². The van der Waals surface area contributed by atoms with E-state index in [0.29, 0.717) is 49.1 Å². The van der Waals surface area contributed by atoms with Gasteiger partial charge in [-0.05, 0) is 30.7 Å². The van der Waals surface area contributed by atoms with Crippen molar-refractivity contribution in [2.24, 2.45) is 5.92 Å². The van der Waals surface area contributed by atoms with Crippen molar-refractivity contribution in [3.8, 4) is 5.69 Å². The van der Waals surface area contributed by atoms with Crippen molar-refractivity contribution >= 4 is 28.5 Å². The largest absolute Gasteiger partial charge is 0.381 e. The Bertz CT molecular complexity index is 1160. The van der Waals surface area contributed by atoms with Gasteiger partial charge in [-0.3, -0.25) is 9.69 Å². The number of hydrogen-bond acceptors (Lipinski definition) is 4. The first kappa shape index (κ1) is 20.4. The molecule has 1 unspecified atom stereocenters. The summed E-state index contributed by atoms with van der Waals surface area (Å²) in [6, 6.07) is 11.7. The molecular weight excluding hydrogens is 413 g/mol. The number of anilines is 1. The number of benzene rings is 2. The van der Waals surface area contributed by atoms with Crippen molar-refractivity contribution in [3.05, 3.63) is 54.5 Å². The summed E-state index contributed by atoms with van der Waals surface area (Å²) in [5, 5.41) is 8.01. The quantitative estimate of drug-likeness (QED) is 0.643. The number of halogens is 1. The molecule has 166 valence electrons. The Balaban J connectivity index is 1.32. The number of fused-ring (bicyclic) bond motifs is 1. The zero-order chi connectivity index (χ0) is 22.1. The van der Waals surface area contributed by atoms with Gasteiger partial charge in [0.25, 0.3) is 0 Å². The Labute approximate surface area is 184 Å². The molecule has 3 aromatic rings. The highest BCUT2D eigenvalue weighted by molar-refractivity contribution is 6.04. The molecule has 1 atom stereocenters. The van der Waals surface area contributed by atoms with E-state index in [4.69, 9.17) is 4.74 Å². The van der Waals surface area contributed by atoms with Crippen LogP contribution in [0.1, 0.15) is 6.42 Å². The van der Waals surface area contributed by atoms with E-state index in [9.17, 15) is 14.0 Å². The Morgan fingerprint density at radius 3 is 2.81 bits per heavy atom. The molecule has 2 fully saturated rings. The average molecular weight is 437 g/mol. The lowest BCUT2D eigenvalue weighted by atomic mass is 10.1. The van der Waals surface area contributed by atoms with Gasteiger partial charge in [0.15, 0.2) is 0 Å². The van der Waals surface area contributed by atoms with Crippen molar-refractivity contribution in [2.75, 3.05) is 44.3 Å². The summed E-state index contributed by atoms with van der Waals surface area (Å²) in [5.74, 6) is -0.201. The van der Waals surface area contributed by atoms with Crippen LogP contribution in [-0.2, 0) is 9.53 Å². The number of ether oxygens (including phenoxy) is 1. The second kappa shape index (κ2) is 8.58. The van der Waals surface area contributed by atoms with Gasteiger partial charge in [0.2, 0.25) is 5.91 Å². The number of carbonyl (C=O) groups excluding carboxylic acids is 2. The van der Waals surface area contributed by atoms with Gasteiger partial charge >= 0.3 is 6.03 Å². The number of carbonyl (C=O) groups is 2. The second-order valence-corrected chi connectivity index (χ2v) is 8.11. The number of nitrogens with zero attached hydrogens (tertiary/aromatic N) is 4. The molecular formula is C23H24FN5O3. The van der Waals surface area contributed by atoms with Crippen LogP contribution in [0.3, 0.4) is 0 Å². The lowest BCUT2D eigenvalue weighted by molar-refractivity contribution is -0.121. The molecule has 8 nitrogen and oxygen atoms in total.